The minimum absolute atomic E-state index is 0.122. The second-order valence-corrected chi connectivity index (χ2v) is 19.8. The molecule has 0 aromatic carbocycles. The molecule has 1 amide bonds. The largest absolute Gasteiger partial charge is 0.481 e. The summed E-state index contributed by atoms with van der Waals surface area (Å²) in [5, 5.41) is 19.5. The molecule has 6 fully saturated rings. The van der Waals surface area contributed by atoms with Gasteiger partial charge < -0.3 is 19.8 Å². The molecule has 2 N–H and O–H groups in total. The summed E-state index contributed by atoms with van der Waals surface area (Å²) in [7, 11) is 0. The zero-order valence-corrected chi connectivity index (χ0v) is 31.8. The normalized spacial score (nSPS) is 42.5. The molecule has 4 unspecified atom stereocenters. The summed E-state index contributed by atoms with van der Waals surface area (Å²) in [6, 6.07) is 0. The molecule has 8 heteroatoms. The Balaban J connectivity index is 1.20. The number of rotatable bonds is 7. The van der Waals surface area contributed by atoms with Gasteiger partial charge in [0.2, 0.25) is 5.91 Å². The number of aliphatic carboxylic acids is 2. The third kappa shape index (κ3) is 5.24. The smallest absolute Gasteiger partial charge is 0.309 e. The average molecular weight is 684 g/mol. The van der Waals surface area contributed by atoms with Crippen LogP contribution in [0.25, 0.3) is 0 Å². The van der Waals surface area contributed by atoms with Crippen LogP contribution in [0.15, 0.2) is 0 Å². The van der Waals surface area contributed by atoms with Gasteiger partial charge in [-0.15, -0.1) is 0 Å². The van der Waals surface area contributed by atoms with Crippen molar-refractivity contribution in [3.05, 3.63) is 0 Å². The third-order valence-electron chi connectivity index (χ3n) is 17.3. The van der Waals surface area contributed by atoms with Crippen LogP contribution in [-0.4, -0.2) is 58.1 Å². The first kappa shape index (κ1) is 36.7. The highest BCUT2D eigenvalue weighted by Crippen LogP contribution is 2.77. The van der Waals surface area contributed by atoms with Gasteiger partial charge in [0.05, 0.1) is 22.7 Å². The predicted octanol–water partition coefficient (Wildman–Crippen LogP) is 8.36. The van der Waals surface area contributed by atoms with E-state index in [2.05, 4.69) is 39.5 Å². The Kier molecular flexibility index (Phi) is 8.95. The second kappa shape index (κ2) is 12.0. The van der Waals surface area contributed by atoms with Gasteiger partial charge >= 0.3 is 17.9 Å². The lowest BCUT2D eigenvalue weighted by Crippen LogP contribution is -2.67. The van der Waals surface area contributed by atoms with Crippen LogP contribution in [0.4, 0.5) is 0 Å². The van der Waals surface area contributed by atoms with Crippen LogP contribution in [0.3, 0.4) is 0 Å². The summed E-state index contributed by atoms with van der Waals surface area (Å²) >= 11 is 0. The first-order chi connectivity index (χ1) is 22.7. The van der Waals surface area contributed by atoms with E-state index in [0.29, 0.717) is 61.9 Å². The van der Waals surface area contributed by atoms with E-state index in [1.165, 1.54) is 12.8 Å². The van der Waals surface area contributed by atoms with Crippen molar-refractivity contribution in [3.63, 3.8) is 0 Å². The Labute approximate surface area is 294 Å². The van der Waals surface area contributed by atoms with E-state index in [-0.39, 0.29) is 39.6 Å². The summed E-state index contributed by atoms with van der Waals surface area (Å²) in [4.78, 5) is 53.5. The Hall–Kier alpha value is -2.12. The van der Waals surface area contributed by atoms with Crippen molar-refractivity contribution < 1.29 is 34.1 Å². The molecule has 1 heterocycles. The summed E-state index contributed by atoms with van der Waals surface area (Å²) in [6.07, 6.45) is 13.1. The number of hydrogen-bond acceptors (Lipinski definition) is 5. The fourth-order valence-corrected chi connectivity index (χ4v) is 13.9. The van der Waals surface area contributed by atoms with Crippen molar-refractivity contribution in [3.8, 4) is 0 Å². The van der Waals surface area contributed by atoms with Gasteiger partial charge in [0.25, 0.3) is 0 Å². The summed E-state index contributed by atoms with van der Waals surface area (Å²) in [5.41, 5.74) is -1.90. The zero-order chi connectivity index (χ0) is 36.0. The lowest BCUT2D eigenvalue weighted by atomic mass is 9.32. The number of carboxylic acid groups (broad SMARTS) is 2. The van der Waals surface area contributed by atoms with Crippen LogP contribution in [-0.2, 0) is 23.9 Å². The van der Waals surface area contributed by atoms with Gasteiger partial charge in [0.15, 0.2) is 0 Å². The van der Waals surface area contributed by atoms with Crippen molar-refractivity contribution in [2.75, 3.05) is 13.1 Å². The van der Waals surface area contributed by atoms with E-state index >= 15 is 0 Å². The maximum atomic E-state index is 14.6. The minimum Gasteiger partial charge on any atom is -0.481 e. The number of fused-ring (bicyclic) bond motifs is 7. The number of piperidine rings is 1. The third-order valence-corrected chi connectivity index (χ3v) is 17.3. The molecule has 49 heavy (non-hydrogen) atoms. The SMILES string of the molecule is CCC1(C(=O)O)CCN(C(=O)[C@]23CCCC2C2CCC4[C@@]5(C)CC[C@H](OC(=O)CC(C)(C)C(=O)O)C(C)(C)C5CC[C@@]4(C)[C@]2(C)CC3)CC1. The van der Waals surface area contributed by atoms with Crippen molar-refractivity contribution in [1.82, 2.24) is 4.90 Å². The van der Waals surface area contributed by atoms with Crippen LogP contribution >= 0.6 is 0 Å². The van der Waals surface area contributed by atoms with E-state index in [4.69, 9.17) is 4.74 Å². The van der Waals surface area contributed by atoms with E-state index in [1.807, 2.05) is 6.92 Å². The monoisotopic (exact) mass is 683 g/mol. The van der Waals surface area contributed by atoms with Crippen molar-refractivity contribution in [2.24, 2.45) is 61.6 Å². The molecule has 0 spiro atoms. The van der Waals surface area contributed by atoms with E-state index in [1.54, 1.807) is 13.8 Å². The molecular formula is C41H65NO7. The summed E-state index contributed by atoms with van der Waals surface area (Å²) in [6.45, 7) is 18.6. The Morgan fingerprint density at radius 3 is 2.04 bits per heavy atom. The molecule has 5 saturated carbocycles. The van der Waals surface area contributed by atoms with Crippen LogP contribution < -0.4 is 0 Å². The number of carbonyl (C=O) groups is 4. The second-order valence-electron chi connectivity index (χ2n) is 19.8. The van der Waals surface area contributed by atoms with Crippen LogP contribution in [0.2, 0.25) is 0 Å². The minimum atomic E-state index is -1.15. The Morgan fingerprint density at radius 2 is 1.43 bits per heavy atom. The fraction of sp³-hybridized carbons (Fsp3) is 0.902. The molecule has 0 bridgehead atoms. The number of likely N-dealkylation sites (tertiary alicyclic amines) is 1. The molecule has 8 nitrogen and oxygen atoms in total. The molecule has 0 aromatic rings. The van der Waals surface area contributed by atoms with Crippen LogP contribution in [0.5, 0.6) is 0 Å². The van der Waals surface area contributed by atoms with Gasteiger partial charge in [-0.05, 0) is 137 Å². The highest BCUT2D eigenvalue weighted by atomic mass is 16.5. The maximum Gasteiger partial charge on any atom is 0.309 e. The van der Waals surface area contributed by atoms with Gasteiger partial charge in [-0.25, -0.2) is 0 Å². The molecule has 1 aliphatic heterocycles. The van der Waals surface area contributed by atoms with Crippen molar-refractivity contribution >= 4 is 23.8 Å². The summed E-state index contributed by atoms with van der Waals surface area (Å²) in [5.74, 6) is 0.130. The quantitative estimate of drug-likeness (QED) is 0.259. The number of carboxylic acids is 2. The molecular weight excluding hydrogens is 618 g/mol. The lowest BCUT2D eigenvalue weighted by Gasteiger charge is -2.72. The standard InChI is InChI=1S/C41H65NO7/c1-9-40(34(47)48)21-23-42(24-22-40)32(44)41-16-10-11-27(41)26-12-13-29-37(6)17-15-30(49-31(43)25-35(2,3)33(45)46)36(4,5)28(37)14-18-39(29,8)38(26,7)19-20-41/h26-30H,9-25H2,1-8H3,(H,45,46)(H,47,48)/t26?,27?,28?,29?,30-,37-,38+,39+,41-/m0/s1. The topological polar surface area (TPSA) is 121 Å². The molecule has 5 aliphatic carbocycles. The first-order valence-electron chi connectivity index (χ1n) is 19.7. The van der Waals surface area contributed by atoms with Gasteiger partial charge in [0, 0.05) is 18.5 Å². The fourth-order valence-electron chi connectivity index (χ4n) is 13.9. The molecule has 6 rings (SSSR count). The van der Waals surface area contributed by atoms with E-state index in [0.717, 1.165) is 57.8 Å². The molecule has 9 atom stereocenters. The van der Waals surface area contributed by atoms with Crippen molar-refractivity contribution in [1.29, 1.82) is 0 Å². The molecule has 0 radical (unpaired) electrons. The first-order valence-corrected chi connectivity index (χ1v) is 19.7. The number of hydrogen-bond donors (Lipinski definition) is 2. The molecule has 276 valence electrons. The van der Waals surface area contributed by atoms with Gasteiger partial charge in [-0.3, -0.25) is 19.2 Å². The molecule has 1 saturated heterocycles. The lowest BCUT2D eigenvalue weighted by molar-refractivity contribution is -0.248. The highest BCUT2D eigenvalue weighted by molar-refractivity contribution is 5.84. The number of amides is 1. The van der Waals surface area contributed by atoms with Gasteiger partial charge in [-0.2, -0.15) is 0 Å². The van der Waals surface area contributed by atoms with Gasteiger partial charge in [-0.1, -0.05) is 48.0 Å². The van der Waals surface area contributed by atoms with E-state index in [9.17, 15) is 29.4 Å². The average Bonchev–Trinajstić information content (AvgIpc) is 3.47. The van der Waals surface area contributed by atoms with Crippen LogP contribution in [0.1, 0.15) is 152 Å². The Bertz CT molecular complexity index is 1360. The maximum absolute atomic E-state index is 14.6. The van der Waals surface area contributed by atoms with Gasteiger partial charge in [0.1, 0.15) is 6.10 Å². The van der Waals surface area contributed by atoms with Crippen molar-refractivity contribution in [2.45, 2.75) is 158 Å². The van der Waals surface area contributed by atoms with Crippen LogP contribution in [0, 0.1) is 61.6 Å². The molecule has 6 aliphatic rings. The summed E-state index contributed by atoms with van der Waals surface area (Å²) < 4.78 is 6.15. The number of carbonyl (C=O) groups excluding carboxylic acids is 2. The zero-order valence-electron chi connectivity index (χ0n) is 31.8. The number of nitrogens with zero attached hydrogens (tertiary/aromatic N) is 1. The molecule has 0 aromatic heterocycles. The predicted molar refractivity (Wildman–Crippen MR) is 187 cm³/mol. The highest BCUT2D eigenvalue weighted by Gasteiger charge is 2.71. The Morgan fingerprint density at radius 1 is 0.755 bits per heavy atom. The number of esters is 1. The van der Waals surface area contributed by atoms with E-state index < -0.39 is 28.7 Å². The number of ether oxygens (including phenoxy) is 1.